The summed E-state index contributed by atoms with van der Waals surface area (Å²) in [7, 11) is 0. The van der Waals surface area contributed by atoms with Crippen molar-refractivity contribution in [2.45, 2.75) is 29.9 Å². The highest BCUT2D eigenvalue weighted by Gasteiger charge is 2.25. The first-order valence-corrected chi connectivity index (χ1v) is 9.00. The zero-order valence-corrected chi connectivity index (χ0v) is 14.9. The summed E-state index contributed by atoms with van der Waals surface area (Å²) in [6.45, 7) is 3.09. The molecule has 0 saturated carbocycles. The molecule has 0 spiro atoms. The fraction of sp³-hybridized carbons (Fsp3) is 0.294. The number of carbonyl (C=O) groups is 2. The molecule has 0 bridgehead atoms. The second-order valence-corrected chi connectivity index (χ2v) is 7.34. The number of nitriles is 1. The van der Waals surface area contributed by atoms with Crippen molar-refractivity contribution in [1.82, 2.24) is 4.98 Å². The van der Waals surface area contributed by atoms with Gasteiger partial charge in [-0.05, 0) is 26.0 Å². The third-order valence-corrected chi connectivity index (χ3v) is 5.20. The summed E-state index contributed by atoms with van der Waals surface area (Å²) in [6, 6.07) is 11.4. The standard InChI is InChI=1S/C17H16N2O3S2/c1-11-10-23-16(19-11)14(8-18)15(20)9-22-17(21)12(2)24-13-6-4-3-5-7-13/h3-7,10,12,14H,9H2,1-2H3/t12-,14+/m1/s1. The van der Waals surface area contributed by atoms with E-state index in [1.165, 1.54) is 23.1 Å². The zero-order valence-electron chi connectivity index (χ0n) is 13.3. The lowest BCUT2D eigenvalue weighted by Crippen LogP contribution is -2.24. The predicted molar refractivity (Wildman–Crippen MR) is 92.9 cm³/mol. The van der Waals surface area contributed by atoms with Crippen LogP contribution in [0.4, 0.5) is 0 Å². The van der Waals surface area contributed by atoms with E-state index in [1.54, 1.807) is 19.2 Å². The molecular formula is C17H16N2O3S2. The number of hydrogen-bond acceptors (Lipinski definition) is 7. The van der Waals surface area contributed by atoms with Gasteiger partial charge in [-0.2, -0.15) is 5.26 Å². The van der Waals surface area contributed by atoms with Gasteiger partial charge in [0.15, 0.2) is 18.3 Å². The number of benzene rings is 1. The average molecular weight is 360 g/mol. The minimum atomic E-state index is -0.992. The number of Topliss-reactive ketones (excluding diaryl/α,β-unsaturated/α-hetero) is 1. The Bertz CT molecular complexity index is 753. The van der Waals surface area contributed by atoms with Crippen molar-refractivity contribution in [3.05, 3.63) is 46.4 Å². The number of aromatic nitrogens is 1. The van der Waals surface area contributed by atoms with Gasteiger partial charge in [0.25, 0.3) is 0 Å². The molecule has 124 valence electrons. The molecule has 0 fully saturated rings. The first-order valence-electron chi connectivity index (χ1n) is 7.24. The molecule has 0 amide bonds. The van der Waals surface area contributed by atoms with Crippen molar-refractivity contribution >= 4 is 34.9 Å². The van der Waals surface area contributed by atoms with Gasteiger partial charge in [0.2, 0.25) is 0 Å². The van der Waals surface area contributed by atoms with E-state index in [0.29, 0.717) is 5.01 Å². The quantitative estimate of drug-likeness (QED) is 0.556. The summed E-state index contributed by atoms with van der Waals surface area (Å²) >= 11 is 2.61. The second-order valence-electron chi connectivity index (χ2n) is 5.04. The molecule has 1 aromatic carbocycles. The Kier molecular flexibility index (Phi) is 6.53. The summed E-state index contributed by atoms with van der Waals surface area (Å²) < 4.78 is 5.07. The van der Waals surface area contributed by atoms with Gasteiger partial charge in [-0.3, -0.25) is 9.59 Å². The summed E-state index contributed by atoms with van der Waals surface area (Å²) in [6.07, 6.45) is 0. The van der Waals surface area contributed by atoms with Gasteiger partial charge in [-0.25, -0.2) is 4.98 Å². The maximum Gasteiger partial charge on any atom is 0.319 e. The van der Waals surface area contributed by atoms with Crippen LogP contribution in [-0.2, 0) is 14.3 Å². The Balaban J connectivity index is 1.88. The highest BCUT2D eigenvalue weighted by Crippen LogP contribution is 2.24. The van der Waals surface area contributed by atoms with Crippen molar-refractivity contribution in [2.24, 2.45) is 0 Å². The van der Waals surface area contributed by atoms with E-state index in [9.17, 15) is 14.9 Å². The first kappa shape index (κ1) is 18.2. The van der Waals surface area contributed by atoms with E-state index in [2.05, 4.69) is 4.98 Å². The van der Waals surface area contributed by atoms with Crippen LogP contribution in [0.2, 0.25) is 0 Å². The minimum Gasteiger partial charge on any atom is -0.457 e. The SMILES string of the molecule is Cc1csc([C@@H](C#N)C(=O)COC(=O)[C@@H](C)Sc2ccccc2)n1. The number of ketones is 1. The molecule has 5 nitrogen and oxygen atoms in total. The smallest absolute Gasteiger partial charge is 0.319 e. The minimum absolute atomic E-state index is 0.421. The summed E-state index contributed by atoms with van der Waals surface area (Å²) in [5.41, 5.74) is 0.757. The average Bonchev–Trinajstić information content (AvgIpc) is 3.00. The fourth-order valence-electron chi connectivity index (χ4n) is 1.86. The van der Waals surface area contributed by atoms with Crippen LogP contribution >= 0.6 is 23.1 Å². The number of esters is 1. The zero-order chi connectivity index (χ0) is 17.5. The second kappa shape index (κ2) is 8.62. The van der Waals surface area contributed by atoms with E-state index < -0.39 is 29.5 Å². The molecule has 0 N–H and O–H groups in total. The van der Waals surface area contributed by atoms with E-state index in [1.807, 2.05) is 36.4 Å². The molecule has 0 saturated heterocycles. The van der Waals surface area contributed by atoms with Crippen LogP contribution in [0.25, 0.3) is 0 Å². The fourth-order valence-corrected chi connectivity index (χ4v) is 3.61. The Hall–Kier alpha value is -2.17. The van der Waals surface area contributed by atoms with Gasteiger partial charge < -0.3 is 4.74 Å². The van der Waals surface area contributed by atoms with Gasteiger partial charge in [-0.1, -0.05) is 18.2 Å². The number of nitrogens with zero attached hydrogens (tertiary/aromatic N) is 2. The van der Waals surface area contributed by atoms with Crippen molar-refractivity contribution in [3.63, 3.8) is 0 Å². The normalized spacial score (nSPS) is 12.9. The molecule has 7 heteroatoms. The number of carbonyl (C=O) groups excluding carboxylic acids is 2. The Morgan fingerprint density at radius 1 is 1.38 bits per heavy atom. The lowest BCUT2D eigenvalue weighted by molar-refractivity contribution is -0.147. The van der Waals surface area contributed by atoms with Crippen molar-refractivity contribution in [2.75, 3.05) is 6.61 Å². The number of thioether (sulfide) groups is 1. The molecule has 0 unspecified atom stereocenters. The van der Waals surface area contributed by atoms with Crippen LogP contribution in [0.1, 0.15) is 23.5 Å². The van der Waals surface area contributed by atoms with E-state index in [0.717, 1.165) is 10.6 Å². The van der Waals surface area contributed by atoms with Crippen LogP contribution in [0.15, 0.2) is 40.6 Å². The molecule has 1 heterocycles. The van der Waals surface area contributed by atoms with Crippen LogP contribution in [0.5, 0.6) is 0 Å². The molecule has 0 aliphatic carbocycles. The number of hydrogen-bond donors (Lipinski definition) is 0. The molecule has 0 aliphatic rings. The molecule has 2 aromatic rings. The number of ether oxygens (including phenoxy) is 1. The van der Waals surface area contributed by atoms with Crippen LogP contribution in [0.3, 0.4) is 0 Å². The van der Waals surface area contributed by atoms with Gasteiger partial charge in [0.1, 0.15) is 10.3 Å². The Labute approximate surface area is 148 Å². The van der Waals surface area contributed by atoms with E-state index in [4.69, 9.17) is 4.74 Å². The highest BCUT2D eigenvalue weighted by atomic mass is 32.2. The summed E-state index contributed by atoms with van der Waals surface area (Å²) in [5, 5.41) is 10.9. The largest absolute Gasteiger partial charge is 0.457 e. The monoisotopic (exact) mass is 360 g/mol. The molecule has 1 aromatic heterocycles. The maximum absolute atomic E-state index is 12.1. The highest BCUT2D eigenvalue weighted by molar-refractivity contribution is 8.00. The van der Waals surface area contributed by atoms with Gasteiger partial charge in [0.05, 0.1) is 6.07 Å². The molecule has 0 radical (unpaired) electrons. The Morgan fingerprint density at radius 3 is 2.67 bits per heavy atom. The van der Waals surface area contributed by atoms with Crippen molar-refractivity contribution < 1.29 is 14.3 Å². The lowest BCUT2D eigenvalue weighted by Gasteiger charge is -2.11. The van der Waals surface area contributed by atoms with Crippen LogP contribution in [0, 0.1) is 18.3 Å². The Morgan fingerprint density at radius 2 is 2.08 bits per heavy atom. The first-order chi connectivity index (χ1) is 11.5. The molecule has 2 atom stereocenters. The van der Waals surface area contributed by atoms with Crippen molar-refractivity contribution in [3.8, 4) is 6.07 Å². The predicted octanol–water partition coefficient (Wildman–Crippen LogP) is 3.35. The molecule has 0 aliphatic heterocycles. The summed E-state index contributed by atoms with van der Waals surface area (Å²) in [5.74, 6) is -1.94. The number of thiazole rings is 1. The van der Waals surface area contributed by atoms with Gasteiger partial charge in [-0.15, -0.1) is 23.1 Å². The third kappa shape index (κ3) is 4.91. The molecule has 2 rings (SSSR count). The number of rotatable bonds is 7. The van der Waals surface area contributed by atoms with Crippen molar-refractivity contribution in [1.29, 1.82) is 5.26 Å². The molecule has 24 heavy (non-hydrogen) atoms. The van der Waals surface area contributed by atoms with Gasteiger partial charge >= 0.3 is 5.97 Å². The van der Waals surface area contributed by atoms with Crippen LogP contribution in [-0.4, -0.2) is 28.6 Å². The maximum atomic E-state index is 12.1. The van der Waals surface area contributed by atoms with Crippen LogP contribution < -0.4 is 0 Å². The van der Waals surface area contributed by atoms with E-state index in [-0.39, 0.29) is 0 Å². The van der Waals surface area contributed by atoms with Gasteiger partial charge in [0, 0.05) is 16.0 Å². The topological polar surface area (TPSA) is 80.0 Å². The number of aryl methyl sites for hydroxylation is 1. The third-order valence-electron chi connectivity index (χ3n) is 3.08. The lowest BCUT2D eigenvalue weighted by atomic mass is 10.1. The molecular weight excluding hydrogens is 344 g/mol. The van der Waals surface area contributed by atoms with E-state index >= 15 is 0 Å². The summed E-state index contributed by atoms with van der Waals surface area (Å²) in [4.78, 5) is 29.2.